The fourth-order valence-electron chi connectivity index (χ4n) is 2.06. The second kappa shape index (κ2) is 3.37. The smallest absolute Gasteiger partial charge is 0.00103 e. The van der Waals surface area contributed by atoms with E-state index in [4.69, 9.17) is 0 Å². The van der Waals surface area contributed by atoms with Crippen molar-refractivity contribution in [3.63, 3.8) is 0 Å². The molecule has 1 saturated heterocycles. The van der Waals surface area contributed by atoms with Gasteiger partial charge in [0.25, 0.3) is 0 Å². The van der Waals surface area contributed by atoms with E-state index in [1.807, 2.05) is 0 Å². The van der Waals surface area contributed by atoms with E-state index in [0.29, 0.717) is 10.8 Å². The summed E-state index contributed by atoms with van der Waals surface area (Å²) in [5, 5.41) is 3.52. The topological polar surface area (TPSA) is 12.0 Å². The second-order valence-electron chi connectivity index (χ2n) is 5.08. The summed E-state index contributed by atoms with van der Waals surface area (Å²) < 4.78 is 0. The minimum atomic E-state index is 0.487. The second-order valence-corrected chi connectivity index (χ2v) is 5.08. The van der Waals surface area contributed by atoms with Crippen LogP contribution in [0.5, 0.6) is 0 Å². The summed E-state index contributed by atoms with van der Waals surface area (Å²) in [4.78, 5) is 0. The molecule has 0 aromatic carbocycles. The van der Waals surface area contributed by atoms with Crippen molar-refractivity contribution in [2.24, 2.45) is 10.8 Å². The minimum Gasteiger partial charge on any atom is -0.316 e. The van der Waals surface area contributed by atoms with Crippen molar-refractivity contribution < 1.29 is 0 Å². The molecule has 0 aromatic heterocycles. The molecule has 1 aliphatic heterocycles. The van der Waals surface area contributed by atoms with E-state index in [2.05, 4.69) is 33.0 Å². The summed E-state index contributed by atoms with van der Waals surface area (Å²) in [6.07, 6.45) is 4.02. The van der Waals surface area contributed by atoms with E-state index < -0.39 is 0 Å². The summed E-state index contributed by atoms with van der Waals surface area (Å²) in [6, 6.07) is 0. The first-order valence-electron chi connectivity index (χ1n) is 5.22. The lowest BCUT2D eigenvalue weighted by Crippen LogP contribution is -2.47. The summed E-state index contributed by atoms with van der Waals surface area (Å²) >= 11 is 0. The highest BCUT2D eigenvalue weighted by Gasteiger charge is 2.39. The highest BCUT2D eigenvalue weighted by molar-refractivity contribution is 4.92. The summed E-state index contributed by atoms with van der Waals surface area (Å²) in [7, 11) is 0. The van der Waals surface area contributed by atoms with Crippen molar-refractivity contribution in [1.82, 2.24) is 5.32 Å². The molecule has 1 nitrogen and oxygen atoms in total. The average Bonchev–Trinajstić information content (AvgIpc) is 2.06. The zero-order valence-electron chi connectivity index (χ0n) is 9.04. The molecular weight excluding hydrogens is 146 g/mol. The third-order valence-corrected chi connectivity index (χ3v) is 4.12. The molecule has 1 aliphatic rings. The van der Waals surface area contributed by atoms with E-state index >= 15 is 0 Å². The van der Waals surface area contributed by atoms with Crippen LogP contribution in [0.2, 0.25) is 0 Å². The van der Waals surface area contributed by atoms with E-state index in [9.17, 15) is 0 Å². The van der Waals surface area contributed by atoms with Crippen LogP contribution in [0.4, 0.5) is 0 Å². The van der Waals surface area contributed by atoms with Gasteiger partial charge in [0.15, 0.2) is 0 Å². The highest BCUT2D eigenvalue weighted by atomic mass is 14.9. The van der Waals surface area contributed by atoms with Gasteiger partial charge in [0.05, 0.1) is 0 Å². The zero-order chi connectivity index (χ0) is 9.24. The molecule has 0 radical (unpaired) electrons. The van der Waals surface area contributed by atoms with E-state index in [0.717, 1.165) is 0 Å². The Morgan fingerprint density at radius 2 is 2.08 bits per heavy atom. The maximum absolute atomic E-state index is 3.52. The Kier molecular flexibility index (Phi) is 2.82. The summed E-state index contributed by atoms with van der Waals surface area (Å²) in [5.41, 5.74) is 1.00. The van der Waals surface area contributed by atoms with Crippen molar-refractivity contribution in [3.8, 4) is 0 Å². The quantitative estimate of drug-likeness (QED) is 0.670. The van der Waals surface area contributed by atoms with Crippen LogP contribution < -0.4 is 5.32 Å². The fourth-order valence-corrected chi connectivity index (χ4v) is 2.06. The molecule has 0 aromatic rings. The predicted octanol–water partition coefficient (Wildman–Crippen LogP) is 2.81. The molecular formula is C11H23N. The molecule has 0 bridgehead atoms. The molecule has 1 heterocycles. The highest BCUT2D eigenvalue weighted by Crippen LogP contribution is 2.45. The van der Waals surface area contributed by atoms with Gasteiger partial charge in [-0.25, -0.2) is 0 Å². The van der Waals surface area contributed by atoms with Crippen molar-refractivity contribution in [1.29, 1.82) is 0 Å². The standard InChI is InChI=1S/C11H23N/c1-5-10(2,3)11(4)7-6-8-12-9-11/h12H,5-9H2,1-4H3. The van der Waals surface area contributed by atoms with Gasteiger partial charge < -0.3 is 5.32 Å². The van der Waals surface area contributed by atoms with Crippen LogP contribution in [0.25, 0.3) is 0 Å². The molecule has 0 saturated carbocycles. The SMILES string of the molecule is CCC(C)(C)C1(C)CCCNC1. The van der Waals surface area contributed by atoms with Crippen LogP contribution in [0.15, 0.2) is 0 Å². The molecule has 1 N–H and O–H groups in total. The zero-order valence-corrected chi connectivity index (χ0v) is 9.04. The Morgan fingerprint density at radius 3 is 2.50 bits per heavy atom. The molecule has 12 heavy (non-hydrogen) atoms. The van der Waals surface area contributed by atoms with E-state index in [1.165, 1.54) is 32.4 Å². The Bertz CT molecular complexity index is 143. The van der Waals surface area contributed by atoms with Crippen LogP contribution >= 0.6 is 0 Å². The molecule has 1 rings (SSSR count). The van der Waals surface area contributed by atoms with Crippen LogP contribution in [-0.2, 0) is 0 Å². The Labute approximate surface area is 76.9 Å². The summed E-state index contributed by atoms with van der Waals surface area (Å²) in [6.45, 7) is 12.0. The van der Waals surface area contributed by atoms with Gasteiger partial charge in [0.1, 0.15) is 0 Å². The Balaban J connectivity index is 2.68. The first kappa shape index (κ1) is 10.0. The third-order valence-electron chi connectivity index (χ3n) is 4.12. The van der Waals surface area contributed by atoms with Gasteiger partial charge in [0.2, 0.25) is 0 Å². The predicted molar refractivity (Wildman–Crippen MR) is 54.3 cm³/mol. The van der Waals surface area contributed by atoms with Crippen LogP contribution in [0, 0.1) is 10.8 Å². The van der Waals surface area contributed by atoms with Crippen molar-refractivity contribution in [2.75, 3.05) is 13.1 Å². The Hall–Kier alpha value is -0.0400. The van der Waals surface area contributed by atoms with Gasteiger partial charge >= 0.3 is 0 Å². The van der Waals surface area contributed by atoms with Gasteiger partial charge in [-0.1, -0.05) is 34.1 Å². The average molecular weight is 169 g/mol. The molecule has 1 atom stereocenters. The van der Waals surface area contributed by atoms with Gasteiger partial charge in [-0.05, 0) is 30.2 Å². The molecule has 1 heteroatoms. The monoisotopic (exact) mass is 169 g/mol. The lowest BCUT2D eigenvalue weighted by atomic mass is 9.62. The third kappa shape index (κ3) is 1.66. The van der Waals surface area contributed by atoms with Crippen molar-refractivity contribution in [2.45, 2.75) is 47.0 Å². The number of nitrogens with one attached hydrogen (secondary N) is 1. The van der Waals surface area contributed by atoms with Crippen LogP contribution in [-0.4, -0.2) is 13.1 Å². The van der Waals surface area contributed by atoms with Gasteiger partial charge in [-0.15, -0.1) is 0 Å². The molecule has 72 valence electrons. The van der Waals surface area contributed by atoms with Gasteiger partial charge in [-0.2, -0.15) is 0 Å². The number of piperidine rings is 1. The van der Waals surface area contributed by atoms with E-state index in [-0.39, 0.29) is 0 Å². The Morgan fingerprint density at radius 1 is 1.42 bits per heavy atom. The minimum absolute atomic E-state index is 0.487. The molecule has 1 fully saturated rings. The number of hydrogen-bond donors (Lipinski definition) is 1. The lowest BCUT2D eigenvalue weighted by Gasteiger charge is -2.47. The normalized spacial score (nSPS) is 32.0. The first-order valence-corrected chi connectivity index (χ1v) is 5.22. The fraction of sp³-hybridized carbons (Fsp3) is 1.00. The molecule has 0 aliphatic carbocycles. The molecule has 0 amide bonds. The van der Waals surface area contributed by atoms with Crippen molar-refractivity contribution >= 4 is 0 Å². The van der Waals surface area contributed by atoms with Gasteiger partial charge in [-0.3, -0.25) is 0 Å². The van der Waals surface area contributed by atoms with Gasteiger partial charge in [0, 0.05) is 6.54 Å². The van der Waals surface area contributed by atoms with Crippen molar-refractivity contribution in [3.05, 3.63) is 0 Å². The number of rotatable bonds is 2. The number of hydrogen-bond acceptors (Lipinski definition) is 1. The molecule has 0 spiro atoms. The lowest BCUT2D eigenvalue weighted by molar-refractivity contribution is 0.0541. The van der Waals surface area contributed by atoms with Crippen LogP contribution in [0.3, 0.4) is 0 Å². The van der Waals surface area contributed by atoms with E-state index in [1.54, 1.807) is 0 Å². The largest absolute Gasteiger partial charge is 0.316 e. The van der Waals surface area contributed by atoms with Crippen LogP contribution in [0.1, 0.15) is 47.0 Å². The summed E-state index contributed by atoms with van der Waals surface area (Å²) in [5.74, 6) is 0. The molecule has 1 unspecified atom stereocenters. The first-order chi connectivity index (χ1) is 5.52. The maximum atomic E-state index is 3.52. The maximum Gasteiger partial charge on any atom is 0.00103 e.